The minimum Gasteiger partial charge on any atom is -0.454 e. The first-order valence-electron chi connectivity index (χ1n) is 9.40. The van der Waals surface area contributed by atoms with Crippen LogP contribution in [-0.2, 0) is 4.79 Å². The number of nitrogens with zero attached hydrogens (tertiary/aromatic N) is 3. The highest BCUT2D eigenvalue weighted by atomic mass is 32.2. The molecule has 0 N–H and O–H groups in total. The van der Waals surface area contributed by atoms with E-state index in [1.54, 1.807) is 0 Å². The highest BCUT2D eigenvalue weighted by Crippen LogP contribution is 2.38. The van der Waals surface area contributed by atoms with Crippen LogP contribution in [0.15, 0.2) is 53.7 Å². The van der Waals surface area contributed by atoms with E-state index < -0.39 is 0 Å². The normalized spacial score (nSPS) is 18.4. The van der Waals surface area contributed by atoms with Crippen LogP contribution in [0.1, 0.15) is 25.7 Å². The Labute approximate surface area is 166 Å². The molecule has 1 fully saturated rings. The molecule has 28 heavy (non-hydrogen) atoms. The summed E-state index contributed by atoms with van der Waals surface area (Å²) in [5.41, 5.74) is 1.85. The fourth-order valence-electron chi connectivity index (χ4n) is 3.58. The first-order valence-corrected chi connectivity index (χ1v) is 10.3. The first kappa shape index (κ1) is 17.3. The number of para-hydroxylation sites is 1. The number of carbonyl (C=O) groups is 1. The number of benzene rings is 2. The van der Waals surface area contributed by atoms with E-state index in [1.165, 1.54) is 11.8 Å². The predicted octanol–water partition coefficient (Wildman–Crippen LogP) is 4.27. The maximum absolute atomic E-state index is 12.3. The van der Waals surface area contributed by atoms with Crippen molar-refractivity contribution in [1.82, 2.24) is 14.8 Å². The minimum atomic E-state index is -0.0509. The molecule has 1 aromatic heterocycles. The maximum Gasteiger partial charge on any atom is 0.231 e. The molecule has 0 saturated heterocycles. The van der Waals surface area contributed by atoms with E-state index in [0.29, 0.717) is 18.0 Å². The number of hydrogen-bond acceptors (Lipinski definition) is 6. The largest absolute Gasteiger partial charge is 0.454 e. The van der Waals surface area contributed by atoms with Crippen LogP contribution >= 0.6 is 11.8 Å². The van der Waals surface area contributed by atoms with Gasteiger partial charge in [0.2, 0.25) is 6.79 Å². The van der Waals surface area contributed by atoms with Gasteiger partial charge in [0.15, 0.2) is 22.5 Å². The van der Waals surface area contributed by atoms with Crippen molar-refractivity contribution in [2.45, 2.75) is 36.1 Å². The summed E-state index contributed by atoms with van der Waals surface area (Å²) in [6.07, 6.45) is 3.62. The molecule has 6 nitrogen and oxygen atoms in total. The van der Waals surface area contributed by atoms with Crippen molar-refractivity contribution in [3.05, 3.63) is 48.5 Å². The lowest BCUT2D eigenvalue weighted by Gasteiger charge is -2.20. The third kappa shape index (κ3) is 3.16. The van der Waals surface area contributed by atoms with Crippen LogP contribution in [0.4, 0.5) is 0 Å². The van der Waals surface area contributed by atoms with Gasteiger partial charge in [0.05, 0.1) is 5.25 Å². The fraction of sp³-hybridized carbons (Fsp3) is 0.286. The lowest BCUT2D eigenvalue weighted by molar-refractivity contribution is -0.119. The number of ether oxygens (including phenoxy) is 2. The topological polar surface area (TPSA) is 66.2 Å². The standard InChI is InChI=1S/C21H19N3O3S/c25-16-8-4-5-9-19(16)28-21-23-22-20(24(21)15-6-2-1-3-7-15)14-10-11-17-18(12-14)27-13-26-17/h1-3,6-7,10-12,19H,4-5,8-9,13H2. The zero-order valence-electron chi connectivity index (χ0n) is 15.2. The van der Waals surface area contributed by atoms with Crippen molar-refractivity contribution < 1.29 is 14.3 Å². The van der Waals surface area contributed by atoms with Crippen molar-refractivity contribution in [3.63, 3.8) is 0 Å². The summed E-state index contributed by atoms with van der Waals surface area (Å²) in [6.45, 7) is 0.231. The molecular formula is C21H19N3O3S. The Balaban J connectivity index is 1.58. The van der Waals surface area contributed by atoms with Gasteiger partial charge in [0.25, 0.3) is 0 Å². The van der Waals surface area contributed by atoms with Gasteiger partial charge in [-0.3, -0.25) is 9.36 Å². The Kier molecular flexibility index (Phi) is 4.52. The molecule has 0 radical (unpaired) electrons. The zero-order chi connectivity index (χ0) is 18.9. The SMILES string of the molecule is O=C1CCCCC1Sc1nnc(-c2ccc3c(c2)OCO3)n1-c1ccccc1. The summed E-state index contributed by atoms with van der Waals surface area (Å²) in [5, 5.41) is 9.59. The Morgan fingerprint density at radius 2 is 1.86 bits per heavy atom. The summed E-state index contributed by atoms with van der Waals surface area (Å²) in [5.74, 6) is 2.47. The van der Waals surface area contributed by atoms with Gasteiger partial charge in [-0.2, -0.15) is 0 Å². The Bertz CT molecular complexity index is 1020. The lowest BCUT2D eigenvalue weighted by atomic mass is 9.99. The number of carbonyl (C=O) groups excluding carboxylic acids is 1. The highest BCUT2D eigenvalue weighted by Gasteiger charge is 2.27. The summed E-state index contributed by atoms with van der Waals surface area (Å²) >= 11 is 1.52. The van der Waals surface area contributed by atoms with Gasteiger partial charge in [0.1, 0.15) is 5.78 Å². The monoisotopic (exact) mass is 393 g/mol. The molecular weight excluding hydrogens is 374 g/mol. The molecule has 0 spiro atoms. The summed E-state index contributed by atoms with van der Waals surface area (Å²) < 4.78 is 13.0. The molecule has 2 heterocycles. The van der Waals surface area contributed by atoms with Crippen LogP contribution in [0.2, 0.25) is 0 Å². The molecule has 7 heteroatoms. The first-order chi connectivity index (χ1) is 13.8. The van der Waals surface area contributed by atoms with E-state index in [1.807, 2.05) is 53.1 Å². The third-order valence-corrected chi connectivity index (χ3v) is 6.28. The second-order valence-electron chi connectivity index (χ2n) is 6.86. The van der Waals surface area contributed by atoms with Gasteiger partial charge in [-0.1, -0.05) is 36.4 Å². The fourth-order valence-corrected chi connectivity index (χ4v) is 4.76. The van der Waals surface area contributed by atoms with E-state index in [4.69, 9.17) is 9.47 Å². The van der Waals surface area contributed by atoms with Gasteiger partial charge in [0, 0.05) is 17.7 Å². The quantitative estimate of drug-likeness (QED) is 0.660. The summed E-state index contributed by atoms with van der Waals surface area (Å²) in [6, 6.07) is 15.8. The van der Waals surface area contributed by atoms with E-state index in [9.17, 15) is 4.79 Å². The molecule has 1 unspecified atom stereocenters. The van der Waals surface area contributed by atoms with Gasteiger partial charge >= 0.3 is 0 Å². The second kappa shape index (κ2) is 7.31. The number of thioether (sulfide) groups is 1. The molecule has 0 amide bonds. The van der Waals surface area contributed by atoms with Gasteiger partial charge < -0.3 is 9.47 Å². The predicted molar refractivity (Wildman–Crippen MR) is 106 cm³/mol. The van der Waals surface area contributed by atoms with Crippen molar-refractivity contribution in [1.29, 1.82) is 0 Å². The number of Topliss-reactive ketones (excluding diaryl/α,β-unsaturated/α-hetero) is 1. The third-order valence-electron chi connectivity index (χ3n) is 5.02. The minimum absolute atomic E-state index is 0.0509. The van der Waals surface area contributed by atoms with Crippen LogP contribution in [0.25, 0.3) is 17.1 Å². The van der Waals surface area contributed by atoms with Crippen LogP contribution in [0, 0.1) is 0 Å². The molecule has 5 rings (SSSR count). The van der Waals surface area contributed by atoms with Crippen LogP contribution < -0.4 is 9.47 Å². The molecule has 2 aromatic carbocycles. The number of ketones is 1. The highest BCUT2D eigenvalue weighted by molar-refractivity contribution is 8.00. The van der Waals surface area contributed by atoms with Crippen molar-refractivity contribution in [3.8, 4) is 28.6 Å². The van der Waals surface area contributed by atoms with Crippen LogP contribution in [-0.4, -0.2) is 32.6 Å². The maximum atomic E-state index is 12.3. The van der Waals surface area contributed by atoms with Crippen molar-refractivity contribution in [2.24, 2.45) is 0 Å². The molecule has 0 bridgehead atoms. The van der Waals surface area contributed by atoms with Crippen LogP contribution in [0.3, 0.4) is 0 Å². The number of hydrogen-bond donors (Lipinski definition) is 0. The molecule has 1 atom stereocenters. The molecule has 1 aliphatic heterocycles. The average Bonchev–Trinajstić information content (AvgIpc) is 3.36. The Morgan fingerprint density at radius 1 is 1.00 bits per heavy atom. The van der Waals surface area contributed by atoms with Gasteiger partial charge in [-0.05, 0) is 43.2 Å². The smallest absolute Gasteiger partial charge is 0.231 e. The number of aromatic nitrogens is 3. The van der Waals surface area contributed by atoms with E-state index in [2.05, 4.69) is 10.2 Å². The van der Waals surface area contributed by atoms with Gasteiger partial charge in [-0.25, -0.2) is 0 Å². The van der Waals surface area contributed by atoms with Gasteiger partial charge in [-0.15, -0.1) is 10.2 Å². The van der Waals surface area contributed by atoms with Crippen LogP contribution in [0.5, 0.6) is 11.5 Å². The summed E-state index contributed by atoms with van der Waals surface area (Å²) in [4.78, 5) is 12.3. The Morgan fingerprint density at radius 3 is 2.71 bits per heavy atom. The zero-order valence-corrected chi connectivity index (χ0v) is 16.0. The van der Waals surface area contributed by atoms with E-state index in [0.717, 1.165) is 47.2 Å². The number of rotatable bonds is 4. The molecule has 1 saturated carbocycles. The Hall–Kier alpha value is -2.80. The average molecular weight is 393 g/mol. The molecule has 1 aliphatic carbocycles. The molecule has 2 aliphatic rings. The second-order valence-corrected chi connectivity index (χ2v) is 8.03. The van der Waals surface area contributed by atoms with E-state index >= 15 is 0 Å². The van der Waals surface area contributed by atoms with E-state index in [-0.39, 0.29) is 12.0 Å². The van der Waals surface area contributed by atoms with Crippen molar-refractivity contribution >= 4 is 17.5 Å². The molecule has 3 aromatic rings. The lowest BCUT2D eigenvalue weighted by Crippen LogP contribution is -2.21. The molecule has 142 valence electrons. The summed E-state index contributed by atoms with van der Waals surface area (Å²) in [7, 11) is 0. The number of fused-ring (bicyclic) bond motifs is 1. The van der Waals surface area contributed by atoms with Crippen molar-refractivity contribution in [2.75, 3.05) is 6.79 Å².